The second-order valence-electron chi connectivity index (χ2n) is 8.48. The summed E-state index contributed by atoms with van der Waals surface area (Å²) in [6.07, 6.45) is 1.81. The van der Waals surface area contributed by atoms with Crippen LogP contribution in [0.3, 0.4) is 0 Å². The van der Waals surface area contributed by atoms with E-state index in [0.29, 0.717) is 37.4 Å². The quantitative estimate of drug-likeness (QED) is 0.563. The molecule has 2 aliphatic heterocycles. The third kappa shape index (κ3) is 4.48. The minimum atomic E-state index is -0.0844. The average molecular weight is 460 g/mol. The Kier molecular flexibility index (Phi) is 6.20. The Labute approximate surface area is 197 Å². The Balaban J connectivity index is 1.17. The fourth-order valence-electron chi connectivity index (χ4n) is 4.55. The molecule has 0 spiro atoms. The van der Waals surface area contributed by atoms with Crippen molar-refractivity contribution in [1.29, 1.82) is 5.26 Å². The van der Waals surface area contributed by atoms with Gasteiger partial charge in [0, 0.05) is 26.2 Å². The van der Waals surface area contributed by atoms with Gasteiger partial charge in [-0.3, -0.25) is 9.69 Å². The molecule has 1 amide bonds. The lowest BCUT2D eigenvalue weighted by molar-refractivity contribution is -0.139. The number of morpholine rings is 1. The van der Waals surface area contributed by atoms with Crippen molar-refractivity contribution in [2.45, 2.75) is 18.6 Å². The molecule has 10 nitrogen and oxygen atoms in total. The maximum atomic E-state index is 13.0. The first kappa shape index (κ1) is 22.0. The zero-order valence-electron chi connectivity index (χ0n) is 18.9. The molecule has 2 atom stereocenters. The van der Waals surface area contributed by atoms with Gasteiger partial charge in [0.25, 0.3) is 0 Å². The number of methoxy groups -OCH3 is 1. The first-order chi connectivity index (χ1) is 16.6. The van der Waals surface area contributed by atoms with E-state index < -0.39 is 0 Å². The summed E-state index contributed by atoms with van der Waals surface area (Å²) in [7, 11) is 1.57. The van der Waals surface area contributed by atoms with E-state index in [1.165, 1.54) is 6.33 Å². The van der Waals surface area contributed by atoms with Crippen LogP contribution in [-0.2, 0) is 16.0 Å². The van der Waals surface area contributed by atoms with Crippen molar-refractivity contribution in [2.24, 2.45) is 0 Å². The zero-order valence-corrected chi connectivity index (χ0v) is 18.9. The van der Waals surface area contributed by atoms with Crippen LogP contribution in [0.25, 0.3) is 5.69 Å². The second-order valence-corrected chi connectivity index (χ2v) is 8.48. The number of carbonyl (C=O) groups is 1. The number of hydrogen-bond acceptors (Lipinski definition) is 8. The Morgan fingerprint density at radius 3 is 2.79 bits per heavy atom. The van der Waals surface area contributed by atoms with Crippen LogP contribution in [0.5, 0.6) is 5.75 Å². The van der Waals surface area contributed by atoms with Gasteiger partial charge in [0.05, 0.1) is 43.5 Å². The maximum Gasteiger partial charge on any atom is 0.227 e. The van der Waals surface area contributed by atoms with E-state index >= 15 is 0 Å². The molecule has 10 heteroatoms. The van der Waals surface area contributed by atoms with Crippen molar-refractivity contribution in [3.8, 4) is 17.5 Å². The van der Waals surface area contributed by atoms with Crippen molar-refractivity contribution < 1.29 is 14.3 Å². The van der Waals surface area contributed by atoms with Crippen LogP contribution in [0.1, 0.15) is 22.8 Å². The van der Waals surface area contributed by atoms with Crippen molar-refractivity contribution in [2.75, 3.05) is 39.9 Å². The number of ether oxygens (including phenoxy) is 2. The van der Waals surface area contributed by atoms with E-state index in [1.807, 2.05) is 41.3 Å². The summed E-state index contributed by atoms with van der Waals surface area (Å²) >= 11 is 0. The number of nitriles is 1. The molecule has 2 aromatic carbocycles. The molecule has 0 unspecified atom stereocenters. The Morgan fingerprint density at radius 2 is 2.06 bits per heavy atom. The highest BCUT2D eigenvalue weighted by Crippen LogP contribution is 2.30. The van der Waals surface area contributed by atoms with Crippen LogP contribution < -0.4 is 4.74 Å². The van der Waals surface area contributed by atoms with Gasteiger partial charge in [-0.25, -0.2) is 4.68 Å². The molecule has 2 aliphatic rings. The molecular weight excluding hydrogens is 434 g/mol. The number of hydrogen-bond donors (Lipinski definition) is 0. The molecule has 5 rings (SSSR count). The molecule has 0 aliphatic carbocycles. The van der Waals surface area contributed by atoms with Crippen molar-refractivity contribution in [1.82, 2.24) is 30.0 Å². The number of nitrogens with zero attached hydrogens (tertiary/aromatic N) is 7. The summed E-state index contributed by atoms with van der Waals surface area (Å²) in [6.45, 7) is 3.46. The molecule has 0 bridgehead atoms. The molecule has 34 heavy (non-hydrogen) atoms. The number of carbonyl (C=O) groups excluding carboxylic acids is 1. The van der Waals surface area contributed by atoms with Crippen LogP contribution in [0.15, 0.2) is 48.8 Å². The number of tetrazole rings is 1. The Bertz CT molecular complexity index is 1190. The summed E-state index contributed by atoms with van der Waals surface area (Å²) < 4.78 is 13.1. The van der Waals surface area contributed by atoms with E-state index in [2.05, 4.69) is 26.5 Å². The summed E-state index contributed by atoms with van der Waals surface area (Å²) in [5, 5.41) is 20.4. The lowest BCUT2D eigenvalue weighted by Crippen LogP contribution is -2.59. The highest BCUT2D eigenvalue weighted by molar-refractivity contribution is 5.79. The Morgan fingerprint density at radius 1 is 1.21 bits per heavy atom. The van der Waals surface area contributed by atoms with Crippen LogP contribution >= 0.6 is 0 Å². The highest BCUT2D eigenvalue weighted by Gasteiger charge is 2.35. The van der Waals surface area contributed by atoms with Gasteiger partial charge in [-0.15, -0.1) is 5.10 Å². The van der Waals surface area contributed by atoms with Crippen molar-refractivity contribution in [3.63, 3.8) is 0 Å². The molecule has 0 N–H and O–H groups in total. The SMILES string of the molecule is COc1cc([C@@H]2CN3CCN(C(=O)Cc4ccc(-n5cnnn5)cc4)C[C@@H]3CO2)ccc1C#N. The average Bonchev–Trinajstić information content (AvgIpc) is 3.43. The van der Waals surface area contributed by atoms with Crippen LogP contribution in [0.2, 0.25) is 0 Å². The number of piperazine rings is 1. The van der Waals surface area contributed by atoms with Crippen LogP contribution in [0, 0.1) is 11.3 Å². The molecule has 0 saturated carbocycles. The number of rotatable bonds is 5. The summed E-state index contributed by atoms with van der Waals surface area (Å²) in [5.74, 6) is 0.681. The smallest absolute Gasteiger partial charge is 0.227 e. The van der Waals surface area contributed by atoms with Crippen molar-refractivity contribution >= 4 is 5.91 Å². The predicted octanol–water partition coefficient (Wildman–Crippen LogP) is 1.37. The van der Waals surface area contributed by atoms with Crippen LogP contribution in [-0.4, -0.2) is 81.9 Å². The highest BCUT2D eigenvalue weighted by atomic mass is 16.5. The number of benzene rings is 2. The molecule has 3 heterocycles. The molecule has 1 aromatic heterocycles. The maximum absolute atomic E-state index is 13.0. The van der Waals surface area contributed by atoms with Gasteiger partial charge in [0.15, 0.2) is 0 Å². The third-order valence-corrected chi connectivity index (χ3v) is 6.47. The van der Waals surface area contributed by atoms with E-state index in [9.17, 15) is 10.1 Å². The minimum absolute atomic E-state index is 0.0844. The zero-order chi connectivity index (χ0) is 23.5. The Hall–Kier alpha value is -3.81. The standard InChI is InChI=1S/C24H25N7O3/c1-33-22-11-18(4-5-19(22)12-25)23-14-29-8-9-30(13-21(29)15-34-23)24(32)10-17-2-6-20(7-3-17)31-16-26-27-28-31/h2-7,11,16,21,23H,8-10,13-15H2,1H3/t21-,23+/m1/s1. The molecular formula is C24H25N7O3. The van der Waals surface area contributed by atoms with E-state index in [4.69, 9.17) is 9.47 Å². The fraction of sp³-hybridized carbons (Fsp3) is 0.375. The minimum Gasteiger partial charge on any atom is -0.495 e. The lowest BCUT2D eigenvalue weighted by Gasteiger charge is -2.46. The monoisotopic (exact) mass is 459 g/mol. The van der Waals surface area contributed by atoms with E-state index in [1.54, 1.807) is 17.9 Å². The van der Waals surface area contributed by atoms with E-state index in [0.717, 1.165) is 29.9 Å². The second kappa shape index (κ2) is 9.59. The van der Waals surface area contributed by atoms with Gasteiger partial charge in [0.1, 0.15) is 18.1 Å². The van der Waals surface area contributed by atoms with Crippen LogP contribution in [0.4, 0.5) is 0 Å². The molecule has 3 aromatic rings. The first-order valence-electron chi connectivity index (χ1n) is 11.2. The number of aromatic nitrogens is 4. The number of amides is 1. The third-order valence-electron chi connectivity index (χ3n) is 6.47. The molecule has 2 saturated heterocycles. The van der Waals surface area contributed by atoms with Gasteiger partial charge in [0.2, 0.25) is 5.91 Å². The fourth-order valence-corrected chi connectivity index (χ4v) is 4.55. The first-order valence-corrected chi connectivity index (χ1v) is 11.2. The lowest BCUT2D eigenvalue weighted by atomic mass is 10.0. The number of fused-ring (bicyclic) bond motifs is 1. The van der Waals surface area contributed by atoms with Gasteiger partial charge in [-0.1, -0.05) is 18.2 Å². The van der Waals surface area contributed by atoms with E-state index in [-0.39, 0.29) is 18.1 Å². The topological polar surface area (TPSA) is 109 Å². The van der Waals surface area contributed by atoms with Crippen molar-refractivity contribution in [3.05, 3.63) is 65.5 Å². The molecule has 2 fully saturated rings. The summed E-state index contributed by atoms with van der Waals surface area (Å²) in [4.78, 5) is 17.3. The van der Waals surface area contributed by atoms with Gasteiger partial charge < -0.3 is 14.4 Å². The summed E-state index contributed by atoms with van der Waals surface area (Å²) in [6, 6.07) is 15.6. The largest absolute Gasteiger partial charge is 0.495 e. The van der Waals surface area contributed by atoms with Gasteiger partial charge >= 0.3 is 0 Å². The normalized spacial score (nSPS) is 20.4. The van der Waals surface area contributed by atoms with Gasteiger partial charge in [-0.05, 0) is 45.8 Å². The van der Waals surface area contributed by atoms with Gasteiger partial charge in [-0.2, -0.15) is 5.26 Å². The predicted molar refractivity (Wildman–Crippen MR) is 121 cm³/mol. The summed E-state index contributed by atoms with van der Waals surface area (Å²) in [5.41, 5.74) is 3.32. The molecule has 174 valence electrons. The molecule has 0 radical (unpaired) electrons.